The van der Waals surface area contributed by atoms with E-state index in [4.69, 9.17) is 0 Å². The van der Waals surface area contributed by atoms with Gasteiger partial charge in [0.15, 0.2) is 0 Å². The van der Waals surface area contributed by atoms with Crippen molar-refractivity contribution in [3.63, 3.8) is 0 Å². The molecule has 0 heterocycles. The van der Waals surface area contributed by atoms with E-state index < -0.39 is 0 Å². The van der Waals surface area contributed by atoms with Gasteiger partial charge in [-0.2, -0.15) is 0 Å². The number of rotatable bonds is 6. The van der Waals surface area contributed by atoms with Crippen molar-refractivity contribution in [1.29, 1.82) is 0 Å². The Morgan fingerprint density at radius 1 is 0.294 bits per heavy atom. The molecule has 0 saturated heterocycles. The van der Waals surface area contributed by atoms with Gasteiger partial charge in [0.05, 0.1) is 0 Å². The van der Waals surface area contributed by atoms with Gasteiger partial charge in [0.2, 0.25) is 0 Å². The van der Waals surface area contributed by atoms with Crippen molar-refractivity contribution >= 4 is 45.8 Å². The highest BCUT2D eigenvalue weighted by Gasteiger charge is 1.93. The summed E-state index contributed by atoms with van der Waals surface area (Å²) in [6, 6.07) is 38.6. The van der Waals surface area contributed by atoms with Crippen LogP contribution in [0.3, 0.4) is 0 Å². The lowest BCUT2D eigenvalue weighted by molar-refractivity contribution is 1.62. The first-order chi connectivity index (χ1) is 16.8. The molecular formula is C34H26. The smallest absolute Gasteiger partial charge is 0.0178 e. The molecule has 0 atom stereocenters. The highest BCUT2D eigenvalue weighted by Crippen LogP contribution is 2.18. The maximum atomic E-state index is 2.22. The predicted octanol–water partition coefficient (Wildman–Crippen LogP) is 9.45. The molecule has 0 aliphatic rings. The van der Waals surface area contributed by atoms with Gasteiger partial charge in [-0.1, -0.05) is 146 Å². The minimum Gasteiger partial charge on any atom is -0.0617 e. The minimum atomic E-state index is 1.19. The van der Waals surface area contributed by atoms with Gasteiger partial charge in [-0.05, 0) is 55.9 Å². The molecule has 0 amide bonds. The molecule has 0 bridgehead atoms. The molecule has 0 saturated carbocycles. The Kier molecular flexibility index (Phi) is 6.59. The third-order valence-electron chi connectivity index (χ3n) is 5.86. The molecule has 34 heavy (non-hydrogen) atoms. The Labute approximate surface area is 201 Å². The third-order valence-corrected chi connectivity index (χ3v) is 5.86. The Bertz CT molecular complexity index is 1410. The maximum Gasteiger partial charge on any atom is -0.0178 e. The van der Waals surface area contributed by atoms with Crippen molar-refractivity contribution in [3.05, 3.63) is 156 Å². The average Bonchev–Trinajstić information content (AvgIpc) is 2.90. The lowest BCUT2D eigenvalue weighted by Crippen LogP contribution is -1.75. The standard InChI is InChI=1S/C34H26/c1(3-11-29-21-23-31-13-5-7-15-33(31)25-29)9-27-17-19-28(20-18-27)10-2-4-12-30-22-24-32-14-6-8-16-34(32)26-30/h1-26H/b9-1+,10-2+,11-3+,12-4+. The summed E-state index contributed by atoms with van der Waals surface area (Å²) in [7, 11) is 0. The first kappa shape index (κ1) is 21.4. The SMILES string of the molecule is C(/C=C/c1ccc2ccccc2c1)=C\c1ccc(/C=C/C=C/c2ccc3ccccc3c2)cc1. The van der Waals surface area contributed by atoms with Gasteiger partial charge >= 0.3 is 0 Å². The Balaban J connectivity index is 1.17. The molecule has 0 nitrogen and oxygen atoms in total. The van der Waals surface area contributed by atoms with Crippen LogP contribution in [0.5, 0.6) is 0 Å². The molecule has 0 spiro atoms. The molecule has 0 aliphatic carbocycles. The van der Waals surface area contributed by atoms with Crippen LogP contribution in [0.25, 0.3) is 45.8 Å². The Hall–Kier alpha value is -4.42. The van der Waals surface area contributed by atoms with E-state index in [-0.39, 0.29) is 0 Å². The number of allylic oxidation sites excluding steroid dienone is 4. The second kappa shape index (κ2) is 10.5. The third kappa shape index (κ3) is 5.49. The molecule has 0 unspecified atom stereocenters. The average molecular weight is 435 g/mol. The summed E-state index contributed by atoms with van der Waals surface area (Å²) in [6.45, 7) is 0. The van der Waals surface area contributed by atoms with Gasteiger partial charge in [-0.3, -0.25) is 0 Å². The largest absolute Gasteiger partial charge is 0.0617 e. The summed E-state index contributed by atoms with van der Waals surface area (Å²) in [6.07, 6.45) is 16.9. The Morgan fingerprint density at radius 2 is 0.618 bits per heavy atom. The van der Waals surface area contributed by atoms with Crippen molar-refractivity contribution in [2.45, 2.75) is 0 Å². The normalized spacial score (nSPS) is 12.2. The summed E-state index contributed by atoms with van der Waals surface area (Å²) >= 11 is 0. The fourth-order valence-electron chi connectivity index (χ4n) is 4.01. The first-order valence-corrected chi connectivity index (χ1v) is 11.6. The molecular weight excluding hydrogens is 408 g/mol. The summed E-state index contributed by atoms with van der Waals surface area (Å²) in [4.78, 5) is 0. The number of hydrogen-bond donors (Lipinski definition) is 0. The fourth-order valence-corrected chi connectivity index (χ4v) is 4.01. The zero-order chi connectivity index (χ0) is 23.0. The van der Waals surface area contributed by atoms with Gasteiger partial charge < -0.3 is 0 Å². The lowest BCUT2D eigenvalue weighted by atomic mass is 10.1. The summed E-state index contributed by atoms with van der Waals surface area (Å²) in [5, 5.41) is 5.08. The molecule has 162 valence electrons. The van der Waals surface area contributed by atoms with Gasteiger partial charge in [-0.25, -0.2) is 0 Å². The van der Waals surface area contributed by atoms with Crippen LogP contribution in [0.15, 0.2) is 133 Å². The molecule has 5 aromatic rings. The van der Waals surface area contributed by atoms with E-state index >= 15 is 0 Å². The van der Waals surface area contributed by atoms with E-state index in [0.29, 0.717) is 0 Å². The molecule has 5 rings (SSSR count). The molecule has 0 heteroatoms. The van der Waals surface area contributed by atoms with Crippen LogP contribution in [0, 0.1) is 0 Å². The minimum absolute atomic E-state index is 1.19. The monoisotopic (exact) mass is 434 g/mol. The molecule has 0 aromatic heterocycles. The van der Waals surface area contributed by atoms with Crippen molar-refractivity contribution < 1.29 is 0 Å². The van der Waals surface area contributed by atoms with Crippen molar-refractivity contribution in [2.75, 3.05) is 0 Å². The number of hydrogen-bond acceptors (Lipinski definition) is 0. The van der Waals surface area contributed by atoms with Crippen LogP contribution in [-0.2, 0) is 0 Å². The van der Waals surface area contributed by atoms with Crippen LogP contribution >= 0.6 is 0 Å². The van der Waals surface area contributed by atoms with Crippen molar-refractivity contribution in [2.24, 2.45) is 0 Å². The van der Waals surface area contributed by atoms with Crippen LogP contribution in [0.1, 0.15) is 22.3 Å². The van der Waals surface area contributed by atoms with E-state index in [2.05, 4.69) is 158 Å². The summed E-state index contributed by atoms with van der Waals surface area (Å²) in [5.41, 5.74) is 4.79. The molecule has 0 N–H and O–H groups in total. The highest BCUT2D eigenvalue weighted by molar-refractivity contribution is 5.85. The highest BCUT2D eigenvalue weighted by atomic mass is 14.0. The topological polar surface area (TPSA) is 0 Å². The van der Waals surface area contributed by atoms with Crippen LogP contribution in [0.4, 0.5) is 0 Å². The lowest BCUT2D eigenvalue weighted by Gasteiger charge is -1.99. The van der Waals surface area contributed by atoms with E-state index in [1.807, 2.05) is 0 Å². The molecule has 0 aliphatic heterocycles. The Morgan fingerprint density at radius 3 is 1.03 bits per heavy atom. The molecule has 5 aromatic carbocycles. The van der Waals surface area contributed by atoms with E-state index in [1.54, 1.807) is 0 Å². The second-order valence-corrected chi connectivity index (χ2v) is 8.32. The molecule has 0 radical (unpaired) electrons. The van der Waals surface area contributed by atoms with Crippen LogP contribution in [-0.4, -0.2) is 0 Å². The quantitative estimate of drug-likeness (QED) is 0.233. The first-order valence-electron chi connectivity index (χ1n) is 11.6. The van der Waals surface area contributed by atoms with Crippen LogP contribution < -0.4 is 0 Å². The van der Waals surface area contributed by atoms with Gasteiger partial charge in [0.1, 0.15) is 0 Å². The summed E-state index contributed by atoms with van der Waals surface area (Å²) in [5.74, 6) is 0. The van der Waals surface area contributed by atoms with Gasteiger partial charge in [0, 0.05) is 0 Å². The van der Waals surface area contributed by atoms with E-state index in [9.17, 15) is 0 Å². The van der Waals surface area contributed by atoms with Crippen LogP contribution in [0.2, 0.25) is 0 Å². The van der Waals surface area contributed by atoms with Gasteiger partial charge in [0.25, 0.3) is 0 Å². The van der Waals surface area contributed by atoms with Crippen molar-refractivity contribution in [1.82, 2.24) is 0 Å². The number of benzene rings is 5. The van der Waals surface area contributed by atoms with E-state index in [1.165, 1.54) is 43.8 Å². The summed E-state index contributed by atoms with van der Waals surface area (Å²) < 4.78 is 0. The fraction of sp³-hybridized carbons (Fsp3) is 0. The van der Waals surface area contributed by atoms with Gasteiger partial charge in [-0.15, -0.1) is 0 Å². The number of fused-ring (bicyclic) bond motifs is 2. The van der Waals surface area contributed by atoms with Crippen molar-refractivity contribution in [3.8, 4) is 0 Å². The zero-order valence-electron chi connectivity index (χ0n) is 19.0. The predicted molar refractivity (Wildman–Crippen MR) is 150 cm³/mol. The zero-order valence-corrected chi connectivity index (χ0v) is 19.0. The maximum absolute atomic E-state index is 2.22. The molecule has 0 fully saturated rings. The second-order valence-electron chi connectivity index (χ2n) is 8.32. The van der Waals surface area contributed by atoms with E-state index in [0.717, 1.165) is 0 Å².